The SMILES string of the molecule is CCCCCNC(=O)c1c(C)nc2ccc(F)cn12. The van der Waals surface area contributed by atoms with E-state index >= 15 is 0 Å². The lowest BCUT2D eigenvalue weighted by Gasteiger charge is -2.05. The van der Waals surface area contributed by atoms with Crippen LogP contribution in [0.2, 0.25) is 0 Å². The van der Waals surface area contributed by atoms with Gasteiger partial charge in [-0.15, -0.1) is 0 Å². The van der Waals surface area contributed by atoms with Crippen molar-refractivity contribution in [3.63, 3.8) is 0 Å². The average Bonchev–Trinajstić information content (AvgIpc) is 2.70. The monoisotopic (exact) mass is 263 g/mol. The molecule has 0 bridgehead atoms. The van der Waals surface area contributed by atoms with Crippen molar-refractivity contribution >= 4 is 11.6 Å². The molecular weight excluding hydrogens is 245 g/mol. The predicted octanol–water partition coefficient (Wildman–Crippen LogP) is 2.70. The lowest BCUT2D eigenvalue weighted by atomic mass is 10.2. The topological polar surface area (TPSA) is 46.4 Å². The highest BCUT2D eigenvalue weighted by molar-refractivity contribution is 5.94. The molecule has 4 nitrogen and oxygen atoms in total. The summed E-state index contributed by atoms with van der Waals surface area (Å²) in [7, 11) is 0. The fourth-order valence-corrected chi connectivity index (χ4v) is 2.07. The number of hydrogen-bond acceptors (Lipinski definition) is 2. The van der Waals surface area contributed by atoms with Crippen LogP contribution in [0.1, 0.15) is 42.4 Å². The number of aryl methyl sites for hydroxylation is 1. The smallest absolute Gasteiger partial charge is 0.270 e. The molecule has 0 atom stereocenters. The Morgan fingerprint density at radius 1 is 1.42 bits per heavy atom. The van der Waals surface area contributed by atoms with Crippen molar-refractivity contribution in [1.29, 1.82) is 0 Å². The molecule has 5 heteroatoms. The molecule has 2 aromatic heterocycles. The van der Waals surface area contributed by atoms with Crippen LogP contribution in [-0.2, 0) is 0 Å². The number of fused-ring (bicyclic) bond motifs is 1. The minimum atomic E-state index is -0.384. The zero-order valence-corrected chi connectivity index (χ0v) is 11.2. The molecule has 2 heterocycles. The Balaban J connectivity index is 2.21. The van der Waals surface area contributed by atoms with Gasteiger partial charge in [0.05, 0.1) is 5.69 Å². The number of imidazole rings is 1. The molecule has 0 saturated heterocycles. The molecule has 2 aromatic rings. The summed E-state index contributed by atoms with van der Waals surface area (Å²) in [4.78, 5) is 16.4. The lowest BCUT2D eigenvalue weighted by molar-refractivity contribution is 0.0946. The zero-order valence-electron chi connectivity index (χ0n) is 11.2. The zero-order chi connectivity index (χ0) is 13.8. The highest BCUT2D eigenvalue weighted by Gasteiger charge is 2.16. The molecule has 1 N–H and O–H groups in total. The van der Waals surface area contributed by atoms with E-state index in [0.717, 1.165) is 19.3 Å². The van der Waals surface area contributed by atoms with Crippen LogP contribution < -0.4 is 5.32 Å². The fraction of sp³-hybridized carbons (Fsp3) is 0.429. The van der Waals surface area contributed by atoms with Crippen molar-refractivity contribution in [3.8, 4) is 0 Å². The van der Waals surface area contributed by atoms with Gasteiger partial charge < -0.3 is 5.32 Å². The van der Waals surface area contributed by atoms with Gasteiger partial charge in [-0.1, -0.05) is 19.8 Å². The highest BCUT2D eigenvalue weighted by atomic mass is 19.1. The molecule has 102 valence electrons. The minimum absolute atomic E-state index is 0.202. The first-order valence-electron chi connectivity index (χ1n) is 6.56. The Kier molecular flexibility index (Phi) is 4.14. The molecule has 0 aliphatic carbocycles. The first-order chi connectivity index (χ1) is 9.13. The number of unbranched alkanes of at least 4 members (excludes halogenated alkanes) is 2. The second-order valence-corrected chi connectivity index (χ2v) is 4.58. The van der Waals surface area contributed by atoms with E-state index in [1.807, 2.05) is 0 Å². The van der Waals surface area contributed by atoms with Crippen LogP contribution in [-0.4, -0.2) is 21.8 Å². The van der Waals surface area contributed by atoms with Crippen LogP contribution >= 0.6 is 0 Å². The van der Waals surface area contributed by atoms with Gasteiger partial charge in [0.25, 0.3) is 5.91 Å². The molecule has 0 unspecified atom stereocenters. The Morgan fingerprint density at radius 3 is 2.95 bits per heavy atom. The summed E-state index contributed by atoms with van der Waals surface area (Å²) in [5.74, 6) is -0.586. The van der Waals surface area contributed by atoms with Crippen LogP contribution in [0.4, 0.5) is 4.39 Å². The number of hydrogen-bond donors (Lipinski definition) is 1. The van der Waals surface area contributed by atoms with E-state index in [4.69, 9.17) is 0 Å². The number of halogens is 1. The van der Waals surface area contributed by atoms with Crippen LogP contribution in [0, 0.1) is 12.7 Å². The molecule has 19 heavy (non-hydrogen) atoms. The average molecular weight is 263 g/mol. The van der Waals surface area contributed by atoms with E-state index in [-0.39, 0.29) is 11.7 Å². The van der Waals surface area contributed by atoms with Crippen LogP contribution in [0.25, 0.3) is 5.65 Å². The normalized spacial score (nSPS) is 10.9. The van der Waals surface area contributed by atoms with E-state index in [0.29, 0.717) is 23.6 Å². The molecule has 0 fully saturated rings. The third-order valence-corrected chi connectivity index (χ3v) is 3.04. The lowest BCUT2D eigenvalue weighted by Crippen LogP contribution is -2.26. The number of nitrogens with zero attached hydrogens (tertiary/aromatic N) is 2. The standard InChI is InChI=1S/C14H18FN3O/c1-3-4-5-8-16-14(19)13-10(2)17-12-7-6-11(15)9-18(12)13/h6-7,9H,3-5,8H2,1-2H3,(H,16,19). The first kappa shape index (κ1) is 13.5. The van der Waals surface area contributed by atoms with Crippen molar-refractivity contribution in [2.75, 3.05) is 6.54 Å². The molecule has 0 spiro atoms. The summed E-state index contributed by atoms with van der Waals surface area (Å²) in [5.41, 5.74) is 1.60. The molecule has 0 aromatic carbocycles. The van der Waals surface area contributed by atoms with Gasteiger partial charge in [0.15, 0.2) is 0 Å². The summed E-state index contributed by atoms with van der Waals surface area (Å²) in [6, 6.07) is 2.90. The molecule has 0 radical (unpaired) electrons. The van der Waals surface area contributed by atoms with Gasteiger partial charge >= 0.3 is 0 Å². The second-order valence-electron chi connectivity index (χ2n) is 4.58. The van der Waals surface area contributed by atoms with Gasteiger partial charge in [-0.05, 0) is 25.5 Å². The van der Waals surface area contributed by atoms with Crippen molar-refractivity contribution in [1.82, 2.24) is 14.7 Å². The maximum atomic E-state index is 13.3. The summed E-state index contributed by atoms with van der Waals surface area (Å²) in [6.07, 6.45) is 4.43. The second kappa shape index (κ2) is 5.82. The summed E-state index contributed by atoms with van der Waals surface area (Å²) >= 11 is 0. The van der Waals surface area contributed by atoms with Gasteiger partial charge in [-0.25, -0.2) is 9.37 Å². The Morgan fingerprint density at radius 2 is 2.21 bits per heavy atom. The number of aromatic nitrogens is 2. The largest absolute Gasteiger partial charge is 0.351 e. The number of pyridine rings is 1. The van der Waals surface area contributed by atoms with Crippen LogP contribution in [0.5, 0.6) is 0 Å². The van der Waals surface area contributed by atoms with E-state index in [9.17, 15) is 9.18 Å². The molecule has 2 rings (SSSR count). The first-order valence-corrected chi connectivity index (χ1v) is 6.56. The fourth-order valence-electron chi connectivity index (χ4n) is 2.07. The number of carbonyl (C=O) groups is 1. The molecule has 0 saturated carbocycles. The number of carbonyl (C=O) groups excluding carboxylic acids is 1. The van der Waals surface area contributed by atoms with Crippen LogP contribution in [0.15, 0.2) is 18.3 Å². The van der Waals surface area contributed by atoms with Crippen molar-refractivity contribution in [2.24, 2.45) is 0 Å². The van der Waals surface area contributed by atoms with Crippen LogP contribution in [0.3, 0.4) is 0 Å². The maximum absolute atomic E-state index is 13.3. The maximum Gasteiger partial charge on any atom is 0.270 e. The highest BCUT2D eigenvalue weighted by Crippen LogP contribution is 2.13. The van der Waals surface area contributed by atoms with Crippen molar-refractivity contribution in [2.45, 2.75) is 33.1 Å². The van der Waals surface area contributed by atoms with Gasteiger partial charge in [-0.2, -0.15) is 0 Å². The summed E-state index contributed by atoms with van der Waals surface area (Å²) in [6.45, 7) is 4.50. The molecule has 0 aliphatic rings. The number of rotatable bonds is 5. The quantitative estimate of drug-likeness (QED) is 0.843. The molecular formula is C14H18FN3O. The predicted molar refractivity (Wildman–Crippen MR) is 71.7 cm³/mol. The molecule has 0 aliphatic heterocycles. The third kappa shape index (κ3) is 2.92. The minimum Gasteiger partial charge on any atom is -0.351 e. The number of amides is 1. The van der Waals surface area contributed by atoms with E-state index in [1.165, 1.54) is 16.7 Å². The summed E-state index contributed by atoms with van der Waals surface area (Å²) in [5, 5.41) is 2.85. The third-order valence-electron chi connectivity index (χ3n) is 3.04. The van der Waals surface area contributed by atoms with Gasteiger partial charge in [0.2, 0.25) is 0 Å². The van der Waals surface area contributed by atoms with Gasteiger partial charge in [0, 0.05) is 12.7 Å². The van der Waals surface area contributed by atoms with Crippen molar-refractivity contribution < 1.29 is 9.18 Å². The van der Waals surface area contributed by atoms with Gasteiger partial charge in [-0.3, -0.25) is 9.20 Å². The number of nitrogens with one attached hydrogen (secondary N) is 1. The Labute approximate surface area is 111 Å². The molecule has 1 amide bonds. The Hall–Kier alpha value is -1.91. The Bertz CT molecular complexity index is 592. The van der Waals surface area contributed by atoms with E-state index in [1.54, 1.807) is 13.0 Å². The van der Waals surface area contributed by atoms with Crippen molar-refractivity contribution in [3.05, 3.63) is 35.5 Å². The summed E-state index contributed by atoms with van der Waals surface area (Å²) < 4.78 is 14.8. The van der Waals surface area contributed by atoms with E-state index < -0.39 is 0 Å². The van der Waals surface area contributed by atoms with E-state index in [2.05, 4.69) is 17.2 Å². The van der Waals surface area contributed by atoms with Gasteiger partial charge in [0.1, 0.15) is 17.2 Å².